The molecule has 21 heavy (non-hydrogen) atoms. The lowest BCUT2D eigenvalue weighted by atomic mass is 10.1. The van der Waals surface area contributed by atoms with Crippen LogP contribution in [0.15, 0.2) is 18.2 Å². The van der Waals surface area contributed by atoms with E-state index in [-0.39, 0.29) is 10.6 Å². The molecule has 3 rings (SSSR count). The van der Waals surface area contributed by atoms with Gasteiger partial charge in [0.2, 0.25) is 0 Å². The molecule has 1 aliphatic heterocycles. The van der Waals surface area contributed by atoms with Crippen molar-refractivity contribution < 1.29 is 10.0 Å². The van der Waals surface area contributed by atoms with Crippen molar-refractivity contribution >= 4 is 11.4 Å². The number of hydrogen-bond donors (Lipinski definition) is 1. The van der Waals surface area contributed by atoms with Gasteiger partial charge in [-0.2, -0.15) is 0 Å². The average molecular weight is 291 g/mol. The van der Waals surface area contributed by atoms with Gasteiger partial charge < -0.3 is 10.0 Å². The van der Waals surface area contributed by atoms with Crippen LogP contribution in [0.3, 0.4) is 0 Å². The highest BCUT2D eigenvalue weighted by atomic mass is 16.6. The quantitative estimate of drug-likeness (QED) is 0.678. The molecule has 1 aliphatic carbocycles. The van der Waals surface area contributed by atoms with Crippen molar-refractivity contribution in [1.82, 2.24) is 4.90 Å². The standard InChI is InChI=1S/C15H21N3O3/c1-11(19)12-2-5-14(15(10-12)18(20)21)17-8-6-16(7-9-17)13-3-4-13/h2,5,10-11,13,19H,3-4,6-9H2,1H3. The van der Waals surface area contributed by atoms with Crippen molar-refractivity contribution in [3.05, 3.63) is 33.9 Å². The summed E-state index contributed by atoms with van der Waals surface area (Å²) in [4.78, 5) is 15.5. The fourth-order valence-corrected chi connectivity index (χ4v) is 2.98. The van der Waals surface area contributed by atoms with E-state index in [1.54, 1.807) is 19.1 Å². The Morgan fingerprint density at radius 1 is 1.29 bits per heavy atom. The first-order chi connectivity index (χ1) is 10.1. The number of nitro benzene ring substituents is 1. The van der Waals surface area contributed by atoms with Crippen LogP contribution >= 0.6 is 0 Å². The smallest absolute Gasteiger partial charge is 0.292 e. The Hall–Kier alpha value is -1.66. The summed E-state index contributed by atoms with van der Waals surface area (Å²) >= 11 is 0. The first-order valence-electron chi connectivity index (χ1n) is 7.51. The van der Waals surface area contributed by atoms with Crippen molar-refractivity contribution in [2.75, 3.05) is 31.1 Å². The van der Waals surface area contributed by atoms with Gasteiger partial charge in [0.25, 0.3) is 5.69 Å². The summed E-state index contributed by atoms with van der Waals surface area (Å²) in [5.74, 6) is 0. The summed E-state index contributed by atoms with van der Waals surface area (Å²) < 4.78 is 0. The summed E-state index contributed by atoms with van der Waals surface area (Å²) in [5.41, 5.74) is 1.34. The zero-order valence-corrected chi connectivity index (χ0v) is 12.2. The van der Waals surface area contributed by atoms with Crippen LogP contribution < -0.4 is 4.90 Å². The first kappa shape index (κ1) is 14.3. The van der Waals surface area contributed by atoms with E-state index in [0.717, 1.165) is 32.2 Å². The highest BCUT2D eigenvalue weighted by molar-refractivity contribution is 5.64. The maximum absolute atomic E-state index is 11.3. The van der Waals surface area contributed by atoms with Gasteiger partial charge in [0.15, 0.2) is 0 Å². The van der Waals surface area contributed by atoms with Gasteiger partial charge in [-0.1, -0.05) is 6.07 Å². The van der Waals surface area contributed by atoms with E-state index < -0.39 is 6.10 Å². The van der Waals surface area contributed by atoms with E-state index in [0.29, 0.717) is 11.3 Å². The second-order valence-electron chi connectivity index (χ2n) is 5.94. The lowest BCUT2D eigenvalue weighted by molar-refractivity contribution is -0.384. The summed E-state index contributed by atoms with van der Waals surface area (Å²) in [5, 5.41) is 20.9. The Morgan fingerprint density at radius 3 is 2.48 bits per heavy atom. The minimum Gasteiger partial charge on any atom is -0.389 e. The maximum Gasteiger partial charge on any atom is 0.292 e. The number of anilines is 1. The molecule has 0 aromatic heterocycles. The Bertz CT molecular complexity index is 535. The molecule has 2 aliphatic rings. The molecule has 6 heteroatoms. The zero-order chi connectivity index (χ0) is 15.0. The molecule has 2 fully saturated rings. The second kappa shape index (κ2) is 5.61. The molecule has 1 unspecified atom stereocenters. The molecule has 0 spiro atoms. The van der Waals surface area contributed by atoms with Crippen molar-refractivity contribution in [2.45, 2.75) is 31.9 Å². The van der Waals surface area contributed by atoms with Gasteiger partial charge in [-0.25, -0.2) is 0 Å². The van der Waals surface area contributed by atoms with Crippen LogP contribution in [0.2, 0.25) is 0 Å². The normalized spacial score (nSPS) is 21.3. The molecule has 6 nitrogen and oxygen atoms in total. The number of rotatable bonds is 4. The van der Waals surface area contributed by atoms with Crippen LogP contribution in [0.5, 0.6) is 0 Å². The molecule has 114 valence electrons. The molecule has 1 aromatic rings. The monoisotopic (exact) mass is 291 g/mol. The van der Waals surface area contributed by atoms with Gasteiger partial charge in [-0.05, 0) is 31.4 Å². The van der Waals surface area contributed by atoms with Gasteiger partial charge >= 0.3 is 0 Å². The minimum atomic E-state index is -0.690. The third-order valence-corrected chi connectivity index (χ3v) is 4.40. The number of piperazine rings is 1. The summed E-state index contributed by atoms with van der Waals surface area (Å²) in [7, 11) is 0. The molecule has 1 atom stereocenters. The Kier molecular flexibility index (Phi) is 3.82. The van der Waals surface area contributed by atoms with Gasteiger partial charge in [0.1, 0.15) is 5.69 Å². The molecule has 1 saturated carbocycles. The lowest BCUT2D eigenvalue weighted by Crippen LogP contribution is -2.47. The van der Waals surface area contributed by atoms with Crippen molar-refractivity contribution in [3.8, 4) is 0 Å². The van der Waals surface area contributed by atoms with Crippen LogP contribution in [0.25, 0.3) is 0 Å². The van der Waals surface area contributed by atoms with E-state index in [4.69, 9.17) is 0 Å². The fraction of sp³-hybridized carbons (Fsp3) is 0.600. The second-order valence-corrected chi connectivity index (χ2v) is 5.94. The molecule has 1 N–H and O–H groups in total. The number of nitro groups is 1. The average Bonchev–Trinajstić information content (AvgIpc) is 3.31. The molecule has 0 radical (unpaired) electrons. The SMILES string of the molecule is CC(O)c1ccc(N2CCN(C3CC3)CC2)c([N+](=O)[O-])c1. The van der Waals surface area contributed by atoms with E-state index in [1.807, 2.05) is 0 Å². The molecular formula is C15H21N3O3. The molecule has 1 heterocycles. The predicted molar refractivity (Wildman–Crippen MR) is 80.5 cm³/mol. The molecule has 1 saturated heterocycles. The predicted octanol–water partition coefficient (Wildman–Crippen LogP) is 1.93. The van der Waals surface area contributed by atoms with Crippen molar-refractivity contribution in [1.29, 1.82) is 0 Å². The first-order valence-corrected chi connectivity index (χ1v) is 7.51. The number of benzene rings is 1. The number of hydrogen-bond acceptors (Lipinski definition) is 5. The third-order valence-electron chi connectivity index (χ3n) is 4.40. The summed E-state index contributed by atoms with van der Waals surface area (Å²) in [6.07, 6.45) is 1.90. The minimum absolute atomic E-state index is 0.0910. The Labute approximate surface area is 124 Å². The maximum atomic E-state index is 11.3. The molecule has 1 aromatic carbocycles. The van der Waals surface area contributed by atoms with Crippen LogP contribution in [-0.4, -0.2) is 47.2 Å². The Balaban J connectivity index is 1.79. The van der Waals surface area contributed by atoms with Crippen LogP contribution in [0.1, 0.15) is 31.4 Å². The molecular weight excluding hydrogens is 270 g/mol. The van der Waals surface area contributed by atoms with Gasteiger partial charge in [-0.15, -0.1) is 0 Å². The highest BCUT2D eigenvalue weighted by Crippen LogP contribution is 2.33. The largest absolute Gasteiger partial charge is 0.389 e. The van der Waals surface area contributed by atoms with Crippen LogP contribution in [-0.2, 0) is 0 Å². The number of aliphatic hydroxyl groups excluding tert-OH is 1. The third kappa shape index (κ3) is 3.01. The lowest BCUT2D eigenvalue weighted by Gasteiger charge is -2.36. The molecule has 0 amide bonds. The highest BCUT2D eigenvalue weighted by Gasteiger charge is 2.32. The van der Waals surface area contributed by atoms with Crippen molar-refractivity contribution in [3.63, 3.8) is 0 Å². The van der Waals surface area contributed by atoms with Gasteiger partial charge in [-0.3, -0.25) is 15.0 Å². The van der Waals surface area contributed by atoms with E-state index in [2.05, 4.69) is 9.80 Å². The summed E-state index contributed by atoms with van der Waals surface area (Å²) in [6.45, 7) is 5.21. The van der Waals surface area contributed by atoms with Crippen LogP contribution in [0.4, 0.5) is 11.4 Å². The topological polar surface area (TPSA) is 69.8 Å². The summed E-state index contributed by atoms with van der Waals surface area (Å²) in [6, 6.07) is 5.79. The molecule has 0 bridgehead atoms. The number of aliphatic hydroxyl groups is 1. The van der Waals surface area contributed by atoms with E-state index in [9.17, 15) is 15.2 Å². The van der Waals surface area contributed by atoms with E-state index in [1.165, 1.54) is 18.9 Å². The van der Waals surface area contributed by atoms with Gasteiger partial charge in [0.05, 0.1) is 11.0 Å². The van der Waals surface area contributed by atoms with Gasteiger partial charge in [0, 0.05) is 38.3 Å². The Morgan fingerprint density at radius 2 is 1.95 bits per heavy atom. The fourth-order valence-electron chi connectivity index (χ4n) is 2.98. The van der Waals surface area contributed by atoms with Crippen LogP contribution in [0, 0.1) is 10.1 Å². The zero-order valence-electron chi connectivity index (χ0n) is 12.2. The van der Waals surface area contributed by atoms with Crippen molar-refractivity contribution in [2.24, 2.45) is 0 Å². The number of nitrogens with zero attached hydrogens (tertiary/aromatic N) is 3. The van der Waals surface area contributed by atoms with E-state index >= 15 is 0 Å².